The number of carbonyl (C=O) groups excluding carboxylic acids is 1. The van der Waals surface area contributed by atoms with E-state index >= 15 is 0 Å². The molecule has 1 amide bonds. The van der Waals surface area contributed by atoms with E-state index in [2.05, 4.69) is 15.7 Å². The molecule has 0 aliphatic heterocycles. The summed E-state index contributed by atoms with van der Waals surface area (Å²) in [5, 5.41) is 18.9. The van der Waals surface area contributed by atoms with Gasteiger partial charge in [-0.2, -0.15) is 5.10 Å². The van der Waals surface area contributed by atoms with Gasteiger partial charge in [0, 0.05) is 37.3 Å². The van der Waals surface area contributed by atoms with E-state index in [9.17, 15) is 4.79 Å². The monoisotopic (exact) mass is 254 g/mol. The van der Waals surface area contributed by atoms with Crippen LogP contribution in [0.15, 0.2) is 12.4 Å². The van der Waals surface area contributed by atoms with Crippen LogP contribution in [-0.4, -0.2) is 40.5 Å². The second-order valence-corrected chi connectivity index (χ2v) is 4.46. The Bertz CT molecular complexity index is 363. The van der Waals surface area contributed by atoms with E-state index in [-0.39, 0.29) is 18.4 Å². The predicted octanol–water partition coefficient (Wildman–Crippen LogP) is -0.263. The van der Waals surface area contributed by atoms with Crippen molar-refractivity contribution in [2.24, 2.45) is 5.92 Å². The van der Waals surface area contributed by atoms with Gasteiger partial charge in [0.15, 0.2) is 0 Å². The lowest BCUT2D eigenvalue weighted by Crippen LogP contribution is -2.34. The summed E-state index contributed by atoms with van der Waals surface area (Å²) in [7, 11) is 0. The first kappa shape index (κ1) is 14.7. The fourth-order valence-corrected chi connectivity index (χ4v) is 1.43. The molecule has 1 aromatic heterocycles. The van der Waals surface area contributed by atoms with Crippen molar-refractivity contribution in [3.05, 3.63) is 18.0 Å². The Morgan fingerprint density at radius 1 is 1.50 bits per heavy atom. The molecule has 1 heterocycles. The molecular weight excluding hydrogens is 232 g/mol. The molecule has 1 aromatic rings. The lowest BCUT2D eigenvalue weighted by atomic mass is 10.2. The van der Waals surface area contributed by atoms with Gasteiger partial charge in [-0.15, -0.1) is 0 Å². The number of hydrogen-bond donors (Lipinski definition) is 3. The standard InChI is InChI=1S/C12H22N4O2/c1-10(2)12(18)14-4-3-13-7-11-8-15-16(9-11)5-6-17/h8-10,13,17H,3-7H2,1-2H3,(H,14,18). The number of aromatic nitrogens is 2. The average Bonchev–Trinajstić information content (AvgIpc) is 2.76. The summed E-state index contributed by atoms with van der Waals surface area (Å²) in [5.74, 6) is 0.106. The van der Waals surface area contributed by atoms with Gasteiger partial charge in [0.1, 0.15) is 0 Å². The van der Waals surface area contributed by atoms with Crippen LogP contribution in [0.1, 0.15) is 19.4 Å². The van der Waals surface area contributed by atoms with E-state index < -0.39 is 0 Å². The molecule has 0 fully saturated rings. The minimum absolute atomic E-state index is 0.0294. The molecule has 0 aliphatic rings. The second kappa shape index (κ2) is 7.84. The summed E-state index contributed by atoms with van der Waals surface area (Å²) in [6, 6.07) is 0. The first-order valence-electron chi connectivity index (χ1n) is 6.24. The largest absolute Gasteiger partial charge is 0.394 e. The lowest BCUT2D eigenvalue weighted by Gasteiger charge is -2.07. The van der Waals surface area contributed by atoms with Crippen molar-refractivity contribution < 1.29 is 9.90 Å². The summed E-state index contributed by atoms with van der Waals surface area (Å²) >= 11 is 0. The van der Waals surface area contributed by atoms with Crippen LogP contribution in [0.5, 0.6) is 0 Å². The Morgan fingerprint density at radius 2 is 2.28 bits per heavy atom. The maximum absolute atomic E-state index is 11.3. The Morgan fingerprint density at radius 3 is 2.94 bits per heavy atom. The Hall–Kier alpha value is -1.40. The molecule has 0 unspecified atom stereocenters. The van der Waals surface area contributed by atoms with E-state index in [0.717, 1.165) is 12.1 Å². The molecule has 3 N–H and O–H groups in total. The SMILES string of the molecule is CC(C)C(=O)NCCNCc1cnn(CCO)c1. The van der Waals surface area contributed by atoms with Crippen molar-refractivity contribution >= 4 is 5.91 Å². The summed E-state index contributed by atoms with van der Waals surface area (Å²) in [6.07, 6.45) is 3.67. The second-order valence-electron chi connectivity index (χ2n) is 4.46. The fraction of sp³-hybridized carbons (Fsp3) is 0.667. The molecular formula is C12H22N4O2. The van der Waals surface area contributed by atoms with E-state index in [1.807, 2.05) is 20.0 Å². The quantitative estimate of drug-likeness (QED) is 0.558. The highest BCUT2D eigenvalue weighted by Gasteiger charge is 2.04. The van der Waals surface area contributed by atoms with Crippen molar-refractivity contribution in [2.45, 2.75) is 26.9 Å². The number of nitrogens with one attached hydrogen (secondary N) is 2. The van der Waals surface area contributed by atoms with Crippen LogP contribution in [0.25, 0.3) is 0 Å². The van der Waals surface area contributed by atoms with Crippen molar-refractivity contribution in [3.8, 4) is 0 Å². The molecule has 6 nitrogen and oxygen atoms in total. The summed E-state index contributed by atoms with van der Waals surface area (Å²) in [5.41, 5.74) is 1.07. The molecule has 0 saturated carbocycles. The fourth-order valence-electron chi connectivity index (χ4n) is 1.43. The summed E-state index contributed by atoms with van der Waals surface area (Å²) in [4.78, 5) is 11.3. The highest BCUT2D eigenvalue weighted by molar-refractivity contribution is 5.77. The first-order chi connectivity index (χ1) is 8.63. The molecule has 0 atom stereocenters. The van der Waals surface area contributed by atoms with Crippen LogP contribution >= 0.6 is 0 Å². The predicted molar refractivity (Wildman–Crippen MR) is 68.9 cm³/mol. The number of aliphatic hydroxyl groups excluding tert-OH is 1. The van der Waals surface area contributed by atoms with E-state index in [0.29, 0.717) is 19.6 Å². The zero-order chi connectivity index (χ0) is 13.4. The molecule has 1 rings (SSSR count). The average molecular weight is 254 g/mol. The third-order valence-corrected chi connectivity index (χ3v) is 2.47. The van der Waals surface area contributed by atoms with Crippen molar-refractivity contribution in [1.82, 2.24) is 20.4 Å². The molecule has 0 aliphatic carbocycles. The van der Waals surface area contributed by atoms with Gasteiger partial charge < -0.3 is 15.7 Å². The smallest absolute Gasteiger partial charge is 0.222 e. The minimum atomic E-state index is 0.0294. The van der Waals surface area contributed by atoms with Crippen molar-refractivity contribution in [2.75, 3.05) is 19.7 Å². The maximum atomic E-state index is 11.3. The molecule has 0 aromatic carbocycles. The van der Waals surface area contributed by atoms with E-state index in [1.165, 1.54) is 0 Å². The van der Waals surface area contributed by atoms with Crippen LogP contribution in [0.2, 0.25) is 0 Å². The molecule has 6 heteroatoms. The molecule has 0 radical (unpaired) electrons. The van der Waals surface area contributed by atoms with Gasteiger partial charge in [-0.1, -0.05) is 13.8 Å². The summed E-state index contributed by atoms with van der Waals surface area (Å²) in [6.45, 7) is 6.42. The lowest BCUT2D eigenvalue weighted by molar-refractivity contribution is -0.123. The topological polar surface area (TPSA) is 79.2 Å². The van der Waals surface area contributed by atoms with Crippen LogP contribution in [0, 0.1) is 5.92 Å². The molecule has 102 valence electrons. The summed E-state index contributed by atoms with van der Waals surface area (Å²) < 4.78 is 1.71. The van der Waals surface area contributed by atoms with E-state index in [4.69, 9.17) is 5.11 Å². The number of rotatable bonds is 8. The molecule has 0 bridgehead atoms. The van der Waals surface area contributed by atoms with Crippen LogP contribution in [0.3, 0.4) is 0 Å². The van der Waals surface area contributed by atoms with Gasteiger partial charge in [0.25, 0.3) is 0 Å². The van der Waals surface area contributed by atoms with Gasteiger partial charge in [0.2, 0.25) is 5.91 Å². The van der Waals surface area contributed by atoms with E-state index in [1.54, 1.807) is 10.9 Å². The number of aliphatic hydroxyl groups is 1. The Balaban J connectivity index is 2.12. The van der Waals surface area contributed by atoms with Crippen LogP contribution in [0.4, 0.5) is 0 Å². The normalized spacial score (nSPS) is 10.9. The number of hydrogen-bond acceptors (Lipinski definition) is 4. The molecule has 0 spiro atoms. The number of nitrogens with zero attached hydrogens (tertiary/aromatic N) is 2. The van der Waals surface area contributed by atoms with Gasteiger partial charge >= 0.3 is 0 Å². The number of carbonyl (C=O) groups is 1. The van der Waals surface area contributed by atoms with Crippen LogP contribution < -0.4 is 10.6 Å². The molecule has 18 heavy (non-hydrogen) atoms. The third kappa shape index (κ3) is 5.29. The minimum Gasteiger partial charge on any atom is -0.394 e. The van der Waals surface area contributed by atoms with Gasteiger partial charge in [0.05, 0.1) is 19.3 Å². The molecule has 0 saturated heterocycles. The Kier molecular flexibility index (Phi) is 6.38. The van der Waals surface area contributed by atoms with Crippen molar-refractivity contribution in [3.63, 3.8) is 0 Å². The van der Waals surface area contributed by atoms with Crippen LogP contribution in [-0.2, 0) is 17.9 Å². The first-order valence-corrected chi connectivity index (χ1v) is 6.24. The zero-order valence-corrected chi connectivity index (χ0v) is 11.0. The number of amides is 1. The highest BCUT2D eigenvalue weighted by Crippen LogP contribution is 1.96. The highest BCUT2D eigenvalue weighted by atomic mass is 16.3. The van der Waals surface area contributed by atoms with Gasteiger partial charge in [-0.3, -0.25) is 9.48 Å². The zero-order valence-electron chi connectivity index (χ0n) is 11.0. The van der Waals surface area contributed by atoms with Crippen molar-refractivity contribution in [1.29, 1.82) is 0 Å². The van der Waals surface area contributed by atoms with Gasteiger partial charge in [-0.25, -0.2) is 0 Å². The Labute approximate surface area is 107 Å². The third-order valence-electron chi connectivity index (χ3n) is 2.47. The van der Waals surface area contributed by atoms with Gasteiger partial charge in [-0.05, 0) is 0 Å². The maximum Gasteiger partial charge on any atom is 0.222 e.